The molecule has 0 saturated heterocycles. The number of carbonyl (C=O) groups excluding carboxylic acids is 1. The lowest BCUT2D eigenvalue weighted by Gasteiger charge is -2.22. The molecule has 0 aliphatic heterocycles. The minimum Gasteiger partial charge on any atom is -0.496 e. The van der Waals surface area contributed by atoms with Gasteiger partial charge in [0.2, 0.25) is 0 Å². The molecule has 0 radical (unpaired) electrons. The minimum absolute atomic E-state index is 0.429. The van der Waals surface area contributed by atoms with E-state index in [4.69, 9.17) is 4.74 Å². The number of Topliss-reactive ketones (excluding diaryl/α,β-unsaturated/α-hetero) is 1. The van der Waals surface area contributed by atoms with Crippen LogP contribution in [-0.4, -0.2) is 12.9 Å². The molecular formula is C16H22O2. The summed E-state index contributed by atoms with van der Waals surface area (Å²) in [5, 5.41) is 0. The van der Waals surface area contributed by atoms with Crippen molar-refractivity contribution in [1.29, 1.82) is 0 Å². The van der Waals surface area contributed by atoms with Crippen molar-refractivity contribution in [2.45, 2.75) is 46.0 Å². The Balaban J connectivity index is 2.13. The van der Waals surface area contributed by atoms with Crippen molar-refractivity contribution in [1.82, 2.24) is 0 Å². The number of ether oxygens (including phenoxy) is 1. The number of hydrogen-bond acceptors (Lipinski definition) is 2. The summed E-state index contributed by atoms with van der Waals surface area (Å²) in [4.78, 5) is 11.3. The Hall–Kier alpha value is -1.31. The number of rotatable bonds is 3. The molecule has 1 saturated carbocycles. The second-order valence-corrected chi connectivity index (χ2v) is 5.43. The van der Waals surface area contributed by atoms with E-state index in [0.29, 0.717) is 11.7 Å². The normalized spacial score (nSPS) is 16.9. The Labute approximate surface area is 109 Å². The van der Waals surface area contributed by atoms with Gasteiger partial charge in [0.25, 0.3) is 0 Å². The first-order chi connectivity index (χ1) is 8.60. The standard InChI is InChI=1S/C16H22O2/c1-11-8-14(16(18-3)9-12(11)2)10-13-4-6-15(17)7-5-13/h8-9,13H,4-7,10H2,1-3H3. The smallest absolute Gasteiger partial charge is 0.132 e. The molecule has 0 spiro atoms. The molecule has 2 nitrogen and oxygen atoms in total. The van der Waals surface area contributed by atoms with Crippen LogP contribution in [0.5, 0.6) is 5.75 Å². The molecule has 1 aromatic carbocycles. The predicted octanol–water partition coefficient (Wildman–Crippen LogP) is 3.61. The van der Waals surface area contributed by atoms with Crippen LogP contribution < -0.4 is 4.74 Å². The number of ketones is 1. The second-order valence-electron chi connectivity index (χ2n) is 5.43. The summed E-state index contributed by atoms with van der Waals surface area (Å²) in [7, 11) is 1.73. The molecule has 0 heterocycles. The molecule has 0 bridgehead atoms. The van der Waals surface area contributed by atoms with Gasteiger partial charge in [-0.1, -0.05) is 6.07 Å². The first kappa shape index (κ1) is 13.1. The van der Waals surface area contributed by atoms with Gasteiger partial charge in [-0.2, -0.15) is 0 Å². The second kappa shape index (κ2) is 5.55. The lowest BCUT2D eigenvalue weighted by molar-refractivity contribution is -0.121. The van der Waals surface area contributed by atoms with Crippen LogP contribution in [0.15, 0.2) is 12.1 Å². The van der Waals surface area contributed by atoms with Gasteiger partial charge < -0.3 is 4.74 Å². The van der Waals surface area contributed by atoms with E-state index in [-0.39, 0.29) is 0 Å². The van der Waals surface area contributed by atoms with Crippen LogP contribution in [0.1, 0.15) is 42.4 Å². The Morgan fingerprint density at radius 3 is 2.39 bits per heavy atom. The van der Waals surface area contributed by atoms with Crippen LogP contribution >= 0.6 is 0 Å². The number of benzene rings is 1. The molecule has 1 fully saturated rings. The lowest BCUT2D eigenvalue weighted by atomic mass is 9.83. The zero-order valence-electron chi connectivity index (χ0n) is 11.6. The van der Waals surface area contributed by atoms with Gasteiger partial charge in [0.1, 0.15) is 11.5 Å². The van der Waals surface area contributed by atoms with Gasteiger partial charge in [0.05, 0.1) is 7.11 Å². The molecular weight excluding hydrogens is 224 g/mol. The van der Waals surface area contributed by atoms with Crippen molar-refractivity contribution in [2.24, 2.45) is 5.92 Å². The Morgan fingerprint density at radius 1 is 1.17 bits per heavy atom. The average molecular weight is 246 g/mol. The average Bonchev–Trinajstić information content (AvgIpc) is 2.36. The molecule has 98 valence electrons. The first-order valence-corrected chi connectivity index (χ1v) is 6.76. The van der Waals surface area contributed by atoms with Crippen LogP contribution in [0.25, 0.3) is 0 Å². The Bertz CT molecular complexity index is 439. The van der Waals surface area contributed by atoms with Gasteiger partial charge in [-0.25, -0.2) is 0 Å². The maximum Gasteiger partial charge on any atom is 0.132 e. The number of methoxy groups -OCH3 is 1. The molecule has 1 aliphatic carbocycles. The quantitative estimate of drug-likeness (QED) is 0.814. The van der Waals surface area contributed by atoms with E-state index in [1.165, 1.54) is 16.7 Å². The van der Waals surface area contributed by atoms with Gasteiger partial charge in [-0.05, 0) is 61.8 Å². The third-order valence-corrected chi connectivity index (χ3v) is 4.07. The van der Waals surface area contributed by atoms with Crippen LogP contribution in [0.2, 0.25) is 0 Å². The van der Waals surface area contributed by atoms with Crippen molar-refractivity contribution in [3.8, 4) is 5.75 Å². The topological polar surface area (TPSA) is 26.3 Å². The van der Waals surface area contributed by atoms with Gasteiger partial charge >= 0.3 is 0 Å². The highest BCUT2D eigenvalue weighted by Crippen LogP contribution is 2.30. The fraction of sp³-hybridized carbons (Fsp3) is 0.562. The zero-order chi connectivity index (χ0) is 13.1. The maximum absolute atomic E-state index is 11.3. The molecule has 0 unspecified atom stereocenters. The molecule has 1 aromatic rings. The molecule has 0 aromatic heterocycles. The van der Waals surface area contributed by atoms with Crippen LogP contribution in [0.3, 0.4) is 0 Å². The Kier molecular flexibility index (Phi) is 4.05. The molecule has 18 heavy (non-hydrogen) atoms. The summed E-state index contributed by atoms with van der Waals surface area (Å²) in [5.74, 6) is 2.06. The highest BCUT2D eigenvalue weighted by molar-refractivity contribution is 5.79. The zero-order valence-corrected chi connectivity index (χ0v) is 11.6. The van der Waals surface area contributed by atoms with Crippen molar-refractivity contribution in [3.05, 3.63) is 28.8 Å². The number of aryl methyl sites for hydroxylation is 2. The first-order valence-electron chi connectivity index (χ1n) is 6.76. The largest absolute Gasteiger partial charge is 0.496 e. The van der Waals surface area contributed by atoms with E-state index in [2.05, 4.69) is 26.0 Å². The third-order valence-electron chi connectivity index (χ3n) is 4.07. The summed E-state index contributed by atoms with van der Waals surface area (Å²) < 4.78 is 5.48. The van der Waals surface area contributed by atoms with Crippen molar-refractivity contribution < 1.29 is 9.53 Å². The van der Waals surface area contributed by atoms with E-state index in [0.717, 1.165) is 37.9 Å². The SMILES string of the molecule is COc1cc(C)c(C)cc1CC1CCC(=O)CC1. The molecule has 1 aliphatic rings. The molecule has 0 amide bonds. The fourth-order valence-electron chi connectivity index (χ4n) is 2.71. The summed E-state index contributed by atoms with van der Waals surface area (Å²) in [6.07, 6.45) is 4.64. The highest BCUT2D eigenvalue weighted by atomic mass is 16.5. The van der Waals surface area contributed by atoms with Crippen molar-refractivity contribution >= 4 is 5.78 Å². The van der Waals surface area contributed by atoms with Gasteiger partial charge in [0.15, 0.2) is 0 Å². The van der Waals surface area contributed by atoms with Gasteiger partial charge in [-0.3, -0.25) is 4.79 Å². The monoisotopic (exact) mass is 246 g/mol. The Morgan fingerprint density at radius 2 is 1.78 bits per heavy atom. The van der Waals surface area contributed by atoms with Crippen LogP contribution in [0.4, 0.5) is 0 Å². The van der Waals surface area contributed by atoms with Crippen LogP contribution in [0, 0.1) is 19.8 Å². The predicted molar refractivity (Wildman–Crippen MR) is 73.1 cm³/mol. The number of carbonyl (C=O) groups is 1. The van der Waals surface area contributed by atoms with Gasteiger partial charge in [-0.15, -0.1) is 0 Å². The molecule has 0 N–H and O–H groups in total. The summed E-state index contributed by atoms with van der Waals surface area (Å²) in [6, 6.07) is 4.36. The third kappa shape index (κ3) is 2.92. The van der Waals surface area contributed by atoms with E-state index < -0.39 is 0 Å². The summed E-state index contributed by atoms with van der Waals surface area (Å²) in [5.41, 5.74) is 3.88. The van der Waals surface area contributed by atoms with Crippen LogP contribution in [-0.2, 0) is 11.2 Å². The molecule has 2 heteroatoms. The van der Waals surface area contributed by atoms with Gasteiger partial charge in [0, 0.05) is 12.8 Å². The van der Waals surface area contributed by atoms with E-state index in [1.54, 1.807) is 7.11 Å². The number of hydrogen-bond donors (Lipinski definition) is 0. The lowest BCUT2D eigenvalue weighted by Crippen LogP contribution is -2.16. The minimum atomic E-state index is 0.429. The fourth-order valence-corrected chi connectivity index (χ4v) is 2.71. The van der Waals surface area contributed by atoms with Crippen molar-refractivity contribution in [3.63, 3.8) is 0 Å². The molecule has 2 rings (SSSR count). The van der Waals surface area contributed by atoms with Crippen molar-refractivity contribution in [2.75, 3.05) is 7.11 Å². The molecule has 0 atom stereocenters. The van der Waals surface area contributed by atoms with E-state index >= 15 is 0 Å². The summed E-state index contributed by atoms with van der Waals surface area (Å²) >= 11 is 0. The highest BCUT2D eigenvalue weighted by Gasteiger charge is 2.20. The van der Waals surface area contributed by atoms with E-state index in [1.807, 2.05) is 0 Å². The summed E-state index contributed by atoms with van der Waals surface area (Å²) in [6.45, 7) is 4.25. The maximum atomic E-state index is 11.3. The van der Waals surface area contributed by atoms with E-state index in [9.17, 15) is 4.79 Å².